The normalized spacial score (nSPS) is 20.8. The quantitative estimate of drug-likeness (QED) is 0.605. The van der Waals surface area contributed by atoms with Crippen molar-refractivity contribution in [3.63, 3.8) is 0 Å². The third-order valence-corrected chi connectivity index (χ3v) is 7.16. The zero-order valence-corrected chi connectivity index (χ0v) is 18.5. The maximum absolute atomic E-state index is 15.6. The predicted octanol–water partition coefficient (Wildman–Crippen LogP) is 3.60. The highest BCUT2D eigenvalue weighted by Crippen LogP contribution is 2.48. The minimum absolute atomic E-state index is 0.0109. The molecule has 2 aliphatic heterocycles. The van der Waals surface area contributed by atoms with Crippen LogP contribution in [0.1, 0.15) is 41.3 Å². The lowest BCUT2D eigenvalue weighted by molar-refractivity contribution is -0.129. The number of nitrogens with two attached hydrogens (primary N) is 1. The van der Waals surface area contributed by atoms with E-state index in [1.54, 1.807) is 13.0 Å². The highest BCUT2D eigenvalue weighted by molar-refractivity contribution is 6.31. The van der Waals surface area contributed by atoms with Gasteiger partial charge in [-0.25, -0.2) is 4.39 Å². The first-order valence-corrected chi connectivity index (χ1v) is 11.2. The summed E-state index contributed by atoms with van der Waals surface area (Å²) in [7, 11) is 0. The first kappa shape index (κ1) is 20.8. The van der Waals surface area contributed by atoms with E-state index in [1.807, 2.05) is 21.9 Å². The second-order valence-corrected chi connectivity index (χ2v) is 9.14. The topological polar surface area (TPSA) is 66.6 Å². The van der Waals surface area contributed by atoms with Crippen LogP contribution in [0.15, 0.2) is 24.3 Å². The Morgan fingerprint density at radius 2 is 2.06 bits per heavy atom. The van der Waals surface area contributed by atoms with Gasteiger partial charge in [0.25, 0.3) is 5.91 Å². The predicted molar refractivity (Wildman–Crippen MR) is 122 cm³/mol. The van der Waals surface area contributed by atoms with Crippen molar-refractivity contribution < 1.29 is 14.0 Å². The van der Waals surface area contributed by atoms with Crippen molar-refractivity contribution >= 4 is 29.1 Å². The molecule has 2 atom stereocenters. The Kier molecular flexibility index (Phi) is 5.10. The molecule has 0 bridgehead atoms. The van der Waals surface area contributed by atoms with E-state index >= 15 is 4.39 Å². The fraction of sp³-hybridized carbons (Fsp3) is 0.360. The van der Waals surface area contributed by atoms with Crippen molar-refractivity contribution in [2.24, 2.45) is 11.7 Å². The lowest BCUT2D eigenvalue weighted by atomic mass is 9.92. The molecule has 2 heterocycles. The Morgan fingerprint density at radius 3 is 2.81 bits per heavy atom. The van der Waals surface area contributed by atoms with Gasteiger partial charge in [-0.05, 0) is 72.9 Å². The van der Waals surface area contributed by atoms with Gasteiger partial charge in [0.05, 0.1) is 11.7 Å². The van der Waals surface area contributed by atoms with Crippen LogP contribution in [0.25, 0.3) is 11.1 Å². The van der Waals surface area contributed by atoms with E-state index in [-0.39, 0.29) is 23.4 Å². The molecule has 2 aromatic rings. The fourth-order valence-electron chi connectivity index (χ4n) is 5.60. The summed E-state index contributed by atoms with van der Waals surface area (Å²) in [5.74, 6) is 4.30. The molecular formula is C25H23ClFN3O2. The number of benzene rings is 2. The SMILES string of the molecule is CC#CC(=O)N1CCCC2CN(c3c(F)cc(C(N)=O)c4c3-c3cc(Cl)ccc3C4)CC21. The van der Waals surface area contributed by atoms with Gasteiger partial charge in [-0.3, -0.25) is 9.59 Å². The first-order valence-electron chi connectivity index (χ1n) is 10.8. The maximum atomic E-state index is 15.6. The molecule has 1 aliphatic carbocycles. The number of nitrogens with zero attached hydrogens (tertiary/aromatic N) is 2. The average Bonchev–Trinajstić information content (AvgIpc) is 3.34. The summed E-state index contributed by atoms with van der Waals surface area (Å²) < 4.78 is 15.6. The minimum Gasteiger partial charge on any atom is -0.366 e. The molecular weight excluding hydrogens is 429 g/mol. The fourth-order valence-corrected chi connectivity index (χ4v) is 5.77. The van der Waals surface area contributed by atoms with Crippen LogP contribution in [0.2, 0.25) is 5.02 Å². The van der Waals surface area contributed by atoms with Crippen molar-refractivity contribution in [3.8, 4) is 23.0 Å². The standard InChI is InChI=1S/C25H23ClFN3O2/c1-2-4-22(31)30-8-3-5-15-12-29(13-21(15)30)24-20(27)11-19(25(28)32)18-9-14-6-7-16(26)10-17(14)23(18)24/h6-7,10-11,15,21H,3,5,8-9,12-13H2,1H3,(H2,28,32). The number of carbonyl (C=O) groups is 2. The van der Waals surface area contributed by atoms with Crippen molar-refractivity contribution in [2.45, 2.75) is 32.2 Å². The number of anilines is 1. The van der Waals surface area contributed by atoms with Crippen molar-refractivity contribution in [1.82, 2.24) is 4.90 Å². The molecule has 0 aromatic heterocycles. The van der Waals surface area contributed by atoms with Crippen LogP contribution in [0.3, 0.4) is 0 Å². The molecule has 7 heteroatoms. The molecule has 2 unspecified atom stereocenters. The summed E-state index contributed by atoms with van der Waals surface area (Å²) in [5.41, 5.74) is 9.54. The Labute approximate surface area is 191 Å². The molecule has 32 heavy (non-hydrogen) atoms. The van der Waals surface area contributed by atoms with Crippen molar-refractivity contribution in [2.75, 3.05) is 24.5 Å². The van der Waals surface area contributed by atoms with E-state index < -0.39 is 11.7 Å². The summed E-state index contributed by atoms with van der Waals surface area (Å²) in [5, 5.41) is 0.553. The second-order valence-electron chi connectivity index (χ2n) is 8.70. The lowest BCUT2D eigenvalue weighted by Crippen LogP contribution is -2.48. The molecule has 2 amide bonds. The number of primary amides is 1. The molecule has 2 fully saturated rings. The van der Waals surface area contributed by atoms with Gasteiger partial charge in [0.1, 0.15) is 5.82 Å². The van der Waals surface area contributed by atoms with Crippen LogP contribution in [0.4, 0.5) is 10.1 Å². The van der Waals surface area contributed by atoms with Gasteiger partial charge in [0, 0.05) is 35.8 Å². The Morgan fingerprint density at radius 1 is 1.25 bits per heavy atom. The van der Waals surface area contributed by atoms with E-state index in [9.17, 15) is 9.59 Å². The molecule has 5 rings (SSSR count). The van der Waals surface area contributed by atoms with Crippen LogP contribution < -0.4 is 10.6 Å². The number of amides is 2. The first-order chi connectivity index (χ1) is 15.4. The minimum atomic E-state index is -0.643. The van der Waals surface area contributed by atoms with Gasteiger partial charge >= 0.3 is 0 Å². The van der Waals surface area contributed by atoms with Gasteiger partial charge < -0.3 is 15.5 Å². The molecule has 3 aliphatic rings. The zero-order valence-electron chi connectivity index (χ0n) is 17.8. The lowest BCUT2D eigenvalue weighted by Gasteiger charge is -2.35. The number of piperidine rings is 1. The van der Waals surface area contributed by atoms with E-state index in [1.165, 1.54) is 6.07 Å². The Balaban J connectivity index is 1.61. The highest BCUT2D eigenvalue weighted by atomic mass is 35.5. The summed E-state index contributed by atoms with van der Waals surface area (Å²) in [6.07, 6.45) is 2.40. The van der Waals surface area contributed by atoms with Gasteiger partial charge in [0.15, 0.2) is 0 Å². The van der Waals surface area contributed by atoms with E-state index in [0.717, 1.165) is 29.5 Å². The Bertz CT molecular complexity index is 1220. The third kappa shape index (κ3) is 3.23. The maximum Gasteiger partial charge on any atom is 0.298 e. The van der Waals surface area contributed by atoms with Crippen LogP contribution in [0, 0.1) is 23.6 Å². The van der Waals surface area contributed by atoms with E-state index in [0.29, 0.717) is 42.3 Å². The van der Waals surface area contributed by atoms with Gasteiger partial charge in [-0.1, -0.05) is 23.6 Å². The largest absolute Gasteiger partial charge is 0.366 e. The van der Waals surface area contributed by atoms with Gasteiger partial charge in [-0.2, -0.15) is 0 Å². The number of hydrogen-bond donors (Lipinski definition) is 1. The van der Waals surface area contributed by atoms with Crippen LogP contribution in [-0.4, -0.2) is 42.4 Å². The number of likely N-dealkylation sites (tertiary alicyclic amines) is 1. The summed E-state index contributed by atoms with van der Waals surface area (Å²) >= 11 is 6.27. The number of halogens is 2. The number of hydrogen-bond acceptors (Lipinski definition) is 3. The van der Waals surface area contributed by atoms with Crippen LogP contribution in [-0.2, 0) is 11.2 Å². The molecule has 0 spiro atoms. The second kappa shape index (κ2) is 7.83. The third-order valence-electron chi connectivity index (χ3n) is 6.92. The monoisotopic (exact) mass is 451 g/mol. The molecule has 2 aromatic carbocycles. The Hall–Kier alpha value is -3.04. The molecule has 0 saturated carbocycles. The molecule has 0 radical (unpaired) electrons. The van der Waals surface area contributed by atoms with Crippen LogP contribution in [0.5, 0.6) is 0 Å². The summed E-state index contributed by atoms with van der Waals surface area (Å²) in [6.45, 7) is 3.49. The molecule has 2 saturated heterocycles. The smallest absolute Gasteiger partial charge is 0.298 e. The molecule has 2 N–H and O–H groups in total. The molecule has 164 valence electrons. The van der Waals surface area contributed by atoms with E-state index in [2.05, 4.69) is 11.8 Å². The summed E-state index contributed by atoms with van der Waals surface area (Å²) in [4.78, 5) is 28.5. The van der Waals surface area contributed by atoms with Crippen LogP contribution >= 0.6 is 11.6 Å². The van der Waals surface area contributed by atoms with Gasteiger partial charge in [-0.15, -0.1) is 0 Å². The number of rotatable bonds is 2. The number of fused-ring (bicyclic) bond motifs is 4. The number of carbonyl (C=O) groups excluding carboxylic acids is 2. The average molecular weight is 452 g/mol. The van der Waals surface area contributed by atoms with E-state index in [4.69, 9.17) is 17.3 Å². The zero-order chi connectivity index (χ0) is 22.6. The van der Waals surface area contributed by atoms with Crippen molar-refractivity contribution in [1.29, 1.82) is 0 Å². The molecule has 5 nitrogen and oxygen atoms in total. The highest BCUT2D eigenvalue weighted by Gasteiger charge is 2.43. The summed E-state index contributed by atoms with van der Waals surface area (Å²) in [6, 6.07) is 6.79. The van der Waals surface area contributed by atoms with Crippen molar-refractivity contribution in [3.05, 3.63) is 51.8 Å². The van der Waals surface area contributed by atoms with Gasteiger partial charge in [0.2, 0.25) is 5.91 Å².